The first-order valence-electron chi connectivity index (χ1n) is 10.7. The smallest absolute Gasteiger partial charge is 0.243 e. The summed E-state index contributed by atoms with van der Waals surface area (Å²) in [4.78, 5) is 13.2. The Hall–Kier alpha value is -3.56. The van der Waals surface area contributed by atoms with E-state index < -0.39 is 16.1 Å². The van der Waals surface area contributed by atoms with Gasteiger partial charge >= 0.3 is 0 Å². The van der Waals surface area contributed by atoms with Gasteiger partial charge in [0.15, 0.2) is 11.5 Å². The van der Waals surface area contributed by atoms with Crippen LogP contribution in [-0.2, 0) is 14.8 Å². The van der Waals surface area contributed by atoms with Crippen molar-refractivity contribution in [1.82, 2.24) is 4.31 Å². The van der Waals surface area contributed by atoms with Gasteiger partial charge in [0.05, 0.1) is 18.0 Å². The highest BCUT2D eigenvalue weighted by atomic mass is 32.2. The average Bonchev–Trinajstić information content (AvgIpc) is 2.87. The number of fused-ring (bicyclic) bond motifs is 1. The van der Waals surface area contributed by atoms with E-state index in [1.54, 1.807) is 67.8 Å². The number of rotatable bonds is 8. The van der Waals surface area contributed by atoms with Crippen LogP contribution >= 0.6 is 0 Å². The molecule has 1 aliphatic heterocycles. The molecule has 0 spiro atoms. The number of sulfonamides is 1. The summed E-state index contributed by atoms with van der Waals surface area (Å²) in [5.41, 5.74) is 1.21. The molecule has 0 aromatic heterocycles. The zero-order valence-corrected chi connectivity index (χ0v) is 19.7. The van der Waals surface area contributed by atoms with Gasteiger partial charge in [0.1, 0.15) is 19.0 Å². The topological polar surface area (TPSA) is 94.2 Å². The summed E-state index contributed by atoms with van der Waals surface area (Å²) in [6, 6.07) is 19.6. The number of nitrogens with zero attached hydrogens (tertiary/aromatic N) is 1. The van der Waals surface area contributed by atoms with Crippen LogP contribution in [0.1, 0.15) is 18.0 Å². The molecule has 0 unspecified atom stereocenters. The van der Waals surface area contributed by atoms with Gasteiger partial charge in [-0.2, -0.15) is 4.31 Å². The third kappa shape index (κ3) is 5.16. The second-order valence-corrected chi connectivity index (χ2v) is 9.73. The third-order valence-electron chi connectivity index (χ3n) is 5.56. The fourth-order valence-corrected chi connectivity index (χ4v) is 5.08. The van der Waals surface area contributed by atoms with E-state index in [4.69, 9.17) is 14.2 Å². The van der Waals surface area contributed by atoms with Crippen molar-refractivity contribution in [3.05, 3.63) is 78.4 Å². The summed E-state index contributed by atoms with van der Waals surface area (Å²) in [5.74, 6) is 1.47. The average molecular weight is 483 g/mol. The Morgan fingerprint density at radius 1 is 1.00 bits per heavy atom. The predicted molar refractivity (Wildman–Crippen MR) is 128 cm³/mol. The molecule has 4 rings (SSSR count). The first-order chi connectivity index (χ1) is 16.4. The maximum Gasteiger partial charge on any atom is 0.243 e. The number of carbonyl (C=O) groups excluding carboxylic acids is 1. The van der Waals surface area contributed by atoms with Crippen LogP contribution in [0.3, 0.4) is 0 Å². The largest absolute Gasteiger partial charge is 0.497 e. The maximum absolute atomic E-state index is 13.3. The molecule has 178 valence electrons. The minimum atomic E-state index is -3.85. The molecule has 0 radical (unpaired) electrons. The van der Waals surface area contributed by atoms with Crippen molar-refractivity contribution in [2.75, 3.05) is 32.7 Å². The Morgan fingerprint density at radius 3 is 2.35 bits per heavy atom. The lowest BCUT2D eigenvalue weighted by Crippen LogP contribution is -2.33. The molecule has 1 N–H and O–H groups in total. The molecule has 8 nitrogen and oxygen atoms in total. The van der Waals surface area contributed by atoms with Crippen LogP contribution in [-0.4, -0.2) is 46.0 Å². The van der Waals surface area contributed by atoms with E-state index in [1.807, 2.05) is 0 Å². The number of methoxy groups -OCH3 is 1. The molecule has 0 fully saturated rings. The van der Waals surface area contributed by atoms with Crippen LogP contribution in [0, 0.1) is 0 Å². The minimum Gasteiger partial charge on any atom is -0.497 e. The van der Waals surface area contributed by atoms with Gasteiger partial charge in [-0.25, -0.2) is 8.42 Å². The molecule has 3 aromatic rings. The SMILES string of the molecule is COc1ccc([C@H](CC(=O)Nc2ccc3c(c2)OCCO3)N(C)S(=O)(=O)c2ccccc2)cc1. The molecular weight excluding hydrogens is 456 g/mol. The number of nitrogens with one attached hydrogen (secondary N) is 1. The predicted octanol–water partition coefficient (Wildman–Crippen LogP) is 3.86. The van der Waals surface area contributed by atoms with E-state index in [0.29, 0.717) is 41.7 Å². The normalized spacial score (nSPS) is 13.9. The van der Waals surface area contributed by atoms with E-state index in [9.17, 15) is 13.2 Å². The third-order valence-corrected chi connectivity index (χ3v) is 7.44. The van der Waals surface area contributed by atoms with Crippen molar-refractivity contribution in [1.29, 1.82) is 0 Å². The summed E-state index contributed by atoms with van der Waals surface area (Å²) >= 11 is 0. The monoisotopic (exact) mass is 482 g/mol. The zero-order valence-electron chi connectivity index (χ0n) is 18.9. The highest BCUT2D eigenvalue weighted by Crippen LogP contribution is 2.34. The first kappa shape index (κ1) is 23.6. The summed E-state index contributed by atoms with van der Waals surface area (Å²) in [6.45, 7) is 0.913. The van der Waals surface area contributed by atoms with Gasteiger partial charge in [-0.3, -0.25) is 4.79 Å². The highest BCUT2D eigenvalue weighted by molar-refractivity contribution is 7.89. The Bertz CT molecular complexity index is 1250. The molecule has 0 saturated heterocycles. The van der Waals surface area contributed by atoms with Gasteiger partial charge in [0.2, 0.25) is 15.9 Å². The van der Waals surface area contributed by atoms with Crippen molar-refractivity contribution < 1.29 is 27.4 Å². The summed E-state index contributed by atoms with van der Waals surface area (Å²) in [5, 5.41) is 2.84. The number of ether oxygens (including phenoxy) is 3. The van der Waals surface area contributed by atoms with Crippen molar-refractivity contribution in [2.24, 2.45) is 0 Å². The van der Waals surface area contributed by atoms with Gasteiger partial charge in [0, 0.05) is 25.2 Å². The standard InChI is InChI=1S/C25H26N2O6S/c1-27(34(29,30)21-6-4-3-5-7-21)22(18-8-11-20(31-2)12-9-18)17-25(28)26-19-10-13-23-24(16-19)33-15-14-32-23/h3-13,16,22H,14-15,17H2,1-2H3,(H,26,28)/t22-/m0/s1. The second-order valence-electron chi connectivity index (χ2n) is 7.73. The van der Waals surface area contributed by atoms with Gasteiger partial charge in [0.25, 0.3) is 0 Å². The lowest BCUT2D eigenvalue weighted by Gasteiger charge is -2.28. The highest BCUT2D eigenvalue weighted by Gasteiger charge is 2.31. The van der Waals surface area contributed by atoms with Crippen molar-refractivity contribution >= 4 is 21.6 Å². The molecule has 9 heteroatoms. The van der Waals surface area contributed by atoms with Gasteiger partial charge in [-0.15, -0.1) is 0 Å². The van der Waals surface area contributed by atoms with E-state index in [-0.39, 0.29) is 17.2 Å². The molecule has 34 heavy (non-hydrogen) atoms. The molecule has 1 aliphatic rings. The van der Waals surface area contributed by atoms with Gasteiger partial charge < -0.3 is 19.5 Å². The van der Waals surface area contributed by atoms with Crippen molar-refractivity contribution in [3.8, 4) is 17.2 Å². The fourth-order valence-electron chi connectivity index (χ4n) is 3.72. The van der Waals surface area contributed by atoms with Crippen LogP contribution in [0.2, 0.25) is 0 Å². The fraction of sp³-hybridized carbons (Fsp3) is 0.240. The Kier molecular flexibility index (Phi) is 7.04. The number of carbonyl (C=O) groups is 1. The molecule has 0 aliphatic carbocycles. The van der Waals surface area contributed by atoms with Crippen LogP contribution in [0.5, 0.6) is 17.2 Å². The Morgan fingerprint density at radius 2 is 1.68 bits per heavy atom. The number of anilines is 1. The second kappa shape index (κ2) is 10.1. The minimum absolute atomic E-state index is 0.0939. The lowest BCUT2D eigenvalue weighted by atomic mass is 10.0. The Balaban J connectivity index is 1.59. The van der Waals surface area contributed by atoms with Crippen molar-refractivity contribution in [2.45, 2.75) is 17.4 Å². The van der Waals surface area contributed by atoms with Crippen LogP contribution < -0.4 is 19.5 Å². The van der Waals surface area contributed by atoms with E-state index in [1.165, 1.54) is 23.5 Å². The summed E-state index contributed by atoms with van der Waals surface area (Å²) in [6.07, 6.45) is -0.0939. The molecule has 1 atom stereocenters. The lowest BCUT2D eigenvalue weighted by molar-refractivity contribution is -0.117. The number of amides is 1. The van der Waals surface area contributed by atoms with Gasteiger partial charge in [-0.05, 0) is 42.0 Å². The molecule has 1 heterocycles. The summed E-state index contributed by atoms with van der Waals surface area (Å²) in [7, 11) is -0.811. The number of benzene rings is 3. The molecule has 0 bridgehead atoms. The Labute approximate surface area is 199 Å². The molecular formula is C25H26N2O6S. The van der Waals surface area contributed by atoms with E-state index in [2.05, 4.69) is 5.32 Å². The van der Waals surface area contributed by atoms with Gasteiger partial charge in [-0.1, -0.05) is 30.3 Å². The maximum atomic E-state index is 13.3. The van der Waals surface area contributed by atoms with Crippen LogP contribution in [0.15, 0.2) is 77.7 Å². The van der Waals surface area contributed by atoms with E-state index in [0.717, 1.165) is 0 Å². The molecule has 0 saturated carbocycles. The van der Waals surface area contributed by atoms with Crippen LogP contribution in [0.25, 0.3) is 0 Å². The quantitative estimate of drug-likeness (QED) is 0.524. The van der Waals surface area contributed by atoms with Crippen molar-refractivity contribution in [3.63, 3.8) is 0 Å². The number of hydrogen-bond donors (Lipinski definition) is 1. The molecule has 1 amide bonds. The molecule has 3 aromatic carbocycles. The summed E-state index contributed by atoms with van der Waals surface area (Å²) < 4.78 is 44.2. The zero-order chi connectivity index (χ0) is 24.1. The number of hydrogen-bond acceptors (Lipinski definition) is 6. The van der Waals surface area contributed by atoms with Crippen LogP contribution in [0.4, 0.5) is 5.69 Å². The first-order valence-corrected chi connectivity index (χ1v) is 12.2. The van der Waals surface area contributed by atoms with E-state index >= 15 is 0 Å².